The molecule has 1 N–H and O–H groups in total. The van der Waals surface area contributed by atoms with Crippen molar-refractivity contribution in [1.82, 2.24) is 0 Å². The number of rotatable bonds is 1. The minimum absolute atomic E-state index is 0.170. The molecule has 1 atom stereocenters. The van der Waals surface area contributed by atoms with Crippen molar-refractivity contribution in [2.75, 3.05) is 5.32 Å². The van der Waals surface area contributed by atoms with Crippen molar-refractivity contribution in [2.45, 2.75) is 26.4 Å². The van der Waals surface area contributed by atoms with Crippen LogP contribution in [0.2, 0.25) is 0 Å². The first-order chi connectivity index (χ1) is 7.11. The average Bonchev–Trinajstić information content (AvgIpc) is 2.20. The van der Waals surface area contributed by atoms with Crippen molar-refractivity contribution in [3.05, 3.63) is 23.5 Å². The van der Waals surface area contributed by atoms with Gasteiger partial charge in [0.2, 0.25) is 0 Å². The smallest absolute Gasteiger partial charge is 0.265 e. The Balaban J connectivity index is 2.41. The minimum Gasteiger partial charge on any atom is -0.478 e. The van der Waals surface area contributed by atoms with E-state index in [-0.39, 0.29) is 11.7 Å². The van der Waals surface area contributed by atoms with Crippen LogP contribution in [0.25, 0.3) is 0 Å². The normalized spacial score (nSPS) is 19.1. The van der Waals surface area contributed by atoms with Crippen molar-refractivity contribution >= 4 is 11.6 Å². The monoisotopic (exact) mass is 209 g/mol. The van der Waals surface area contributed by atoms with Gasteiger partial charge < -0.3 is 10.1 Å². The van der Waals surface area contributed by atoms with Crippen molar-refractivity contribution in [2.24, 2.45) is 0 Å². The predicted molar refractivity (Wildman–Crippen MR) is 54.5 cm³/mol. The summed E-state index contributed by atoms with van der Waals surface area (Å²) in [4.78, 5) is 11.5. The molecule has 0 aromatic heterocycles. The molecular weight excluding hydrogens is 197 g/mol. The third-order valence-electron chi connectivity index (χ3n) is 2.45. The molecule has 1 amide bonds. The molecule has 0 fully saturated rings. The second-order valence-electron chi connectivity index (χ2n) is 3.60. The van der Waals surface area contributed by atoms with Gasteiger partial charge in [0.15, 0.2) is 6.10 Å². The summed E-state index contributed by atoms with van der Waals surface area (Å²) >= 11 is 0. The highest BCUT2D eigenvalue weighted by molar-refractivity contribution is 5.97. The van der Waals surface area contributed by atoms with E-state index in [1.54, 1.807) is 13.0 Å². The van der Waals surface area contributed by atoms with E-state index in [2.05, 4.69) is 5.32 Å². The van der Waals surface area contributed by atoms with Gasteiger partial charge in [-0.1, -0.05) is 6.92 Å². The van der Waals surface area contributed by atoms with E-state index in [0.29, 0.717) is 23.4 Å². The van der Waals surface area contributed by atoms with Crippen LogP contribution in [-0.4, -0.2) is 12.0 Å². The van der Waals surface area contributed by atoms with Gasteiger partial charge in [0, 0.05) is 6.07 Å². The Morgan fingerprint density at radius 2 is 2.27 bits per heavy atom. The van der Waals surface area contributed by atoms with Crippen molar-refractivity contribution in [1.29, 1.82) is 0 Å². The lowest BCUT2D eigenvalue weighted by molar-refractivity contribution is -0.123. The SMILES string of the molecule is CCC1Oc2cc(F)c(C)cc2NC1=O. The largest absolute Gasteiger partial charge is 0.478 e. The number of nitrogens with one attached hydrogen (secondary N) is 1. The standard InChI is InChI=1S/C11H12FNO2/c1-3-9-11(14)13-8-4-6(2)7(12)5-10(8)15-9/h4-5,9H,3H2,1-2H3,(H,13,14). The summed E-state index contributed by atoms with van der Waals surface area (Å²) in [7, 11) is 0. The summed E-state index contributed by atoms with van der Waals surface area (Å²) in [5.41, 5.74) is 1.04. The molecule has 3 nitrogen and oxygen atoms in total. The van der Waals surface area contributed by atoms with Crippen LogP contribution in [0.5, 0.6) is 5.75 Å². The number of ether oxygens (including phenoxy) is 1. The van der Waals surface area contributed by atoms with Crippen LogP contribution in [0.3, 0.4) is 0 Å². The van der Waals surface area contributed by atoms with E-state index < -0.39 is 6.10 Å². The highest BCUT2D eigenvalue weighted by Gasteiger charge is 2.26. The molecule has 80 valence electrons. The van der Waals surface area contributed by atoms with Gasteiger partial charge in [-0.2, -0.15) is 0 Å². The van der Waals surface area contributed by atoms with Gasteiger partial charge in [-0.25, -0.2) is 4.39 Å². The first kappa shape index (κ1) is 9.96. The second-order valence-corrected chi connectivity index (χ2v) is 3.60. The van der Waals surface area contributed by atoms with Gasteiger partial charge in [0.1, 0.15) is 11.6 Å². The third kappa shape index (κ3) is 1.67. The number of carbonyl (C=O) groups is 1. The summed E-state index contributed by atoms with van der Waals surface area (Å²) in [5, 5.41) is 2.70. The molecule has 15 heavy (non-hydrogen) atoms. The lowest BCUT2D eigenvalue weighted by Crippen LogP contribution is -2.36. The Hall–Kier alpha value is -1.58. The molecule has 2 rings (SSSR count). The maximum Gasteiger partial charge on any atom is 0.265 e. The van der Waals surface area contributed by atoms with Crippen LogP contribution in [0.15, 0.2) is 12.1 Å². The van der Waals surface area contributed by atoms with Gasteiger partial charge in [0.05, 0.1) is 5.69 Å². The van der Waals surface area contributed by atoms with E-state index in [0.717, 1.165) is 0 Å². The molecule has 1 aliphatic heterocycles. The number of benzene rings is 1. The average molecular weight is 209 g/mol. The number of halogens is 1. The van der Waals surface area contributed by atoms with Gasteiger partial charge in [0.25, 0.3) is 5.91 Å². The number of amides is 1. The highest BCUT2D eigenvalue weighted by Crippen LogP contribution is 2.32. The number of hydrogen-bond acceptors (Lipinski definition) is 2. The molecule has 1 heterocycles. The summed E-state index contributed by atoms with van der Waals surface area (Å²) in [5.74, 6) is -0.0830. The molecule has 1 unspecified atom stereocenters. The fourth-order valence-electron chi connectivity index (χ4n) is 1.55. The van der Waals surface area contributed by atoms with Gasteiger partial charge in [-0.05, 0) is 25.0 Å². The Bertz CT molecular complexity index is 417. The Kier molecular flexibility index (Phi) is 2.34. The van der Waals surface area contributed by atoms with Gasteiger partial charge in [-0.15, -0.1) is 0 Å². The molecule has 1 aliphatic rings. The lowest BCUT2D eigenvalue weighted by Gasteiger charge is -2.25. The molecule has 0 aliphatic carbocycles. The fourth-order valence-corrected chi connectivity index (χ4v) is 1.55. The second kappa shape index (κ2) is 3.53. The predicted octanol–water partition coefficient (Wildman–Crippen LogP) is 2.24. The quantitative estimate of drug-likeness (QED) is 0.770. The van der Waals surface area contributed by atoms with E-state index >= 15 is 0 Å². The maximum absolute atomic E-state index is 13.2. The molecule has 0 saturated heterocycles. The van der Waals surface area contributed by atoms with Crippen LogP contribution < -0.4 is 10.1 Å². The molecule has 1 aromatic rings. The topological polar surface area (TPSA) is 38.3 Å². The van der Waals surface area contributed by atoms with Gasteiger partial charge in [-0.3, -0.25) is 4.79 Å². The minimum atomic E-state index is -0.514. The summed E-state index contributed by atoms with van der Waals surface area (Å²) in [6.45, 7) is 3.49. The number of hydrogen-bond donors (Lipinski definition) is 1. The summed E-state index contributed by atoms with van der Waals surface area (Å²) in [6.07, 6.45) is 0.0560. The van der Waals surface area contributed by atoms with E-state index in [1.165, 1.54) is 6.07 Å². The summed E-state index contributed by atoms with van der Waals surface area (Å²) in [6, 6.07) is 2.89. The van der Waals surface area contributed by atoms with Crippen LogP contribution in [0.4, 0.5) is 10.1 Å². The van der Waals surface area contributed by atoms with Crippen LogP contribution >= 0.6 is 0 Å². The highest BCUT2D eigenvalue weighted by atomic mass is 19.1. The summed E-state index contributed by atoms with van der Waals surface area (Å²) < 4.78 is 18.6. The first-order valence-electron chi connectivity index (χ1n) is 4.89. The number of anilines is 1. The molecule has 0 saturated carbocycles. The zero-order valence-electron chi connectivity index (χ0n) is 8.63. The Morgan fingerprint density at radius 3 is 2.93 bits per heavy atom. The molecule has 0 radical (unpaired) electrons. The Morgan fingerprint density at radius 1 is 1.53 bits per heavy atom. The Labute approximate surface area is 87.2 Å². The first-order valence-corrected chi connectivity index (χ1v) is 4.89. The van der Waals surface area contributed by atoms with Crippen molar-refractivity contribution in [3.63, 3.8) is 0 Å². The third-order valence-corrected chi connectivity index (χ3v) is 2.45. The molecule has 0 bridgehead atoms. The molecule has 1 aromatic carbocycles. The van der Waals surface area contributed by atoms with E-state index in [4.69, 9.17) is 4.74 Å². The van der Waals surface area contributed by atoms with Crippen LogP contribution in [0.1, 0.15) is 18.9 Å². The van der Waals surface area contributed by atoms with Crippen LogP contribution in [-0.2, 0) is 4.79 Å². The molecule has 0 spiro atoms. The number of carbonyl (C=O) groups excluding carboxylic acids is 1. The van der Waals surface area contributed by atoms with E-state index in [1.807, 2.05) is 6.92 Å². The van der Waals surface area contributed by atoms with Crippen molar-refractivity contribution in [3.8, 4) is 5.75 Å². The number of aryl methyl sites for hydroxylation is 1. The van der Waals surface area contributed by atoms with Gasteiger partial charge >= 0.3 is 0 Å². The number of fused-ring (bicyclic) bond motifs is 1. The van der Waals surface area contributed by atoms with Crippen molar-refractivity contribution < 1.29 is 13.9 Å². The maximum atomic E-state index is 13.2. The zero-order valence-corrected chi connectivity index (χ0v) is 8.63. The molecule has 4 heteroatoms. The molecular formula is C11H12FNO2. The zero-order chi connectivity index (χ0) is 11.0. The fraction of sp³-hybridized carbons (Fsp3) is 0.364. The van der Waals surface area contributed by atoms with Crippen LogP contribution in [0, 0.1) is 12.7 Å². The van der Waals surface area contributed by atoms with E-state index in [9.17, 15) is 9.18 Å². The lowest BCUT2D eigenvalue weighted by atomic mass is 10.1.